The molecule has 0 bridgehead atoms. The van der Waals surface area contributed by atoms with Gasteiger partial charge < -0.3 is 10.2 Å². The molecule has 7 heteroatoms. The van der Waals surface area contributed by atoms with E-state index in [1.54, 1.807) is 12.1 Å². The lowest BCUT2D eigenvalue weighted by Gasteiger charge is -2.32. The van der Waals surface area contributed by atoms with E-state index in [9.17, 15) is 4.79 Å². The zero-order valence-corrected chi connectivity index (χ0v) is 13.0. The Morgan fingerprint density at radius 2 is 2.21 bits per heavy atom. The van der Waals surface area contributed by atoms with Gasteiger partial charge in [0.2, 0.25) is 0 Å². The van der Waals surface area contributed by atoms with Gasteiger partial charge in [-0.25, -0.2) is 4.98 Å². The van der Waals surface area contributed by atoms with Crippen LogP contribution in [0.4, 0.5) is 0 Å². The average Bonchev–Trinajstić information content (AvgIpc) is 2.39. The van der Waals surface area contributed by atoms with Gasteiger partial charge in [-0.05, 0) is 32.0 Å². The molecule has 0 aliphatic carbocycles. The summed E-state index contributed by atoms with van der Waals surface area (Å²) in [5.74, 6) is -0.0124. The molecule has 0 aromatic carbocycles. The quantitative estimate of drug-likeness (QED) is 0.908. The zero-order chi connectivity index (χ0) is 12.3. The van der Waals surface area contributed by atoms with Gasteiger partial charge in [0.25, 0.3) is 5.91 Å². The number of carbonyl (C=O) groups is 1. The van der Waals surface area contributed by atoms with Crippen molar-refractivity contribution in [3.63, 3.8) is 0 Å². The third-order valence-corrected chi connectivity index (χ3v) is 3.29. The topological polar surface area (TPSA) is 45.2 Å². The van der Waals surface area contributed by atoms with E-state index in [2.05, 4.69) is 10.3 Å². The normalized spacial score (nSPS) is 18.2. The molecule has 1 saturated heterocycles. The maximum atomic E-state index is 12.2. The Morgan fingerprint density at radius 1 is 1.47 bits per heavy atom. The standard InChI is InChI=1S/C12H16ClN3O.2ClH/c1-14-10-3-2-6-16(8-10)12(17)11-5-4-9(13)7-15-11;;/h4-5,7,10,14H,2-3,6,8H2,1H3;2*1H. The summed E-state index contributed by atoms with van der Waals surface area (Å²) >= 11 is 5.75. The molecule has 1 aromatic heterocycles. The number of hydrogen-bond donors (Lipinski definition) is 1. The highest BCUT2D eigenvalue weighted by Gasteiger charge is 2.23. The lowest BCUT2D eigenvalue weighted by Crippen LogP contribution is -2.47. The van der Waals surface area contributed by atoms with Crippen LogP contribution in [-0.4, -0.2) is 42.0 Å². The van der Waals surface area contributed by atoms with Crippen LogP contribution in [0.2, 0.25) is 5.02 Å². The SMILES string of the molecule is CNC1CCCN(C(=O)c2ccc(Cl)cn2)C1.Cl.Cl. The van der Waals surface area contributed by atoms with Crippen LogP contribution in [-0.2, 0) is 0 Å². The zero-order valence-electron chi connectivity index (χ0n) is 10.6. The lowest BCUT2D eigenvalue weighted by atomic mass is 10.1. The molecular formula is C12H18Cl3N3O. The maximum Gasteiger partial charge on any atom is 0.272 e. The van der Waals surface area contributed by atoms with Gasteiger partial charge in [-0.15, -0.1) is 24.8 Å². The minimum Gasteiger partial charge on any atom is -0.336 e. The Labute approximate surface area is 130 Å². The first-order valence-electron chi connectivity index (χ1n) is 5.79. The summed E-state index contributed by atoms with van der Waals surface area (Å²) in [6.45, 7) is 1.56. The number of rotatable bonds is 2. The number of likely N-dealkylation sites (N-methyl/N-ethyl adjacent to an activating group) is 1. The summed E-state index contributed by atoms with van der Waals surface area (Å²) in [7, 11) is 1.93. The van der Waals surface area contributed by atoms with Gasteiger partial charge in [-0.3, -0.25) is 4.79 Å². The minimum atomic E-state index is -0.0124. The molecule has 19 heavy (non-hydrogen) atoms. The summed E-state index contributed by atoms with van der Waals surface area (Å²) in [4.78, 5) is 18.1. The van der Waals surface area contributed by atoms with E-state index in [1.807, 2.05) is 11.9 Å². The Morgan fingerprint density at radius 3 is 2.79 bits per heavy atom. The minimum absolute atomic E-state index is 0. The molecule has 1 fully saturated rings. The smallest absolute Gasteiger partial charge is 0.272 e. The molecule has 0 spiro atoms. The van der Waals surface area contributed by atoms with E-state index in [1.165, 1.54) is 6.20 Å². The van der Waals surface area contributed by atoms with Crippen molar-refractivity contribution in [2.75, 3.05) is 20.1 Å². The molecule has 2 heterocycles. The number of likely N-dealkylation sites (tertiary alicyclic amines) is 1. The highest BCUT2D eigenvalue weighted by molar-refractivity contribution is 6.30. The largest absolute Gasteiger partial charge is 0.336 e. The van der Waals surface area contributed by atoms with Crippen molar-refractivity contribution < 1.29 is 4.79 Å². The molecule has 1 amide bonds. The van der Waals surface area contributed by atoms with E-state index in [4.69, 9.17) is 11.6 Å². The Bertz CT molecular complexity index is 400. The van der Waals surface area contributed by atoms with Crippen LogP contribution in [0.3, 0.4) is 0 Å². The van der Waals surface area contributed by atoms with Gasteiger partial charge in [0.15, 0.2) is 0 Å². The fraction of sp³-hybridized carbons (Fsp3) is 0.500. The van der Waals surface area contributed by atoms with Crippen molar-refractivity contribution in [2.45, 2.75) is 18.9 Å². The first-order chi connectivity index (χ1) is 8.20. The Hall–Kier alpha value is -0.550. The number of aromatic nitrogens is 1. The van der Waals surface area contributed by atoms with Gasteiger partial charge in [-0.2, -0.15) is 0 Å². The fourth-order valence-corrected chi connectivity index (χ4v) is 2.17. The number of nitrogens with one attached hydrogen (secondary N) is 1. The van der Waals surface area contributed by atoms with Crippen LogP contribution >= 0.6 is 36.4 Å². The lowest BCUT2D eigenvalue weighted by molar-refractivity contribution is 0.0692. The first-order valence-corrected chi connectivity index (χ1v) is 6.16. The third-order valence-electron chi connectivity index (χ3n) is 3.06. The number of piperidine rings is 1. The highest BCUT2D eigenvalue weighted by atomic mass is 35.5. The summed E-state index contributed by atoms with van der Waals surface area (Å²) in [5.41, 5.74) is 0.464. The summed E-state index contributed by atoms with van der Waals surface area (Å²) in [6, 6.07) is 3.76. The molecule has 2 rings (SSSR count). The van der Waals surface area contributed by atoms with E-state index in [0.717, 1.165) is 25.9 Å². The Kier molecular flexibility index (Phi) is 8.34. The molecule has 1 aliphatic rings. The van der Waals surface area contributed by atoms with Crippen molar-refractivity contribution in [1.29, 1.82) is 0 Å². The van der Waals surface area contributed by atoms with Gasteiger partial charge in [-0.1, -0.05) is 11.6 Å². The number of nitrogens with zero attached hydrogens (tertiary/aromatic N) is 2. The van der Waals surface area contributed by atoms with Crippen molar-refractivity contribution in [3.8, 4) is 0 Å². The highest BCUT2D eigenvalue weighted by Crippen LogP contribution is 2.14. The van der Waals surface area contributed by atoms with E-state index >= 15 is 0 Å². The number of hydrogen-bond acceptors (Lipinski definition) is 3. The predicted molar refractivity (Wildman–Crippen MR) is 81.7 cm³/mol. The van der Waals surface area contributed by atoms with Crippen LogP contribution in [0.1, 0.15) is 23.3 Å². The second-order valence-electron chi connectivity index (χ2n) is 4.24. The second kappa shape index (κ2) is 8.59. The third kappa shape index (κ3) is 4.80. The Balaban J connectivity index is 0.00000162. The second-order valence-corrected chi connectivity index (χ2v) is 4.68. The molecule has 108 valence electrons. The van der Waals surface area contributed by atoms with Crippen molar-refractivity contribution in [2.24, 2.45) is 0 Å². The van der Waals surface area contributed by atoms with Gasteiger partial charge in [0.1, 0.15) is 5.69 Å². The summed E-state index contributed by atoms with van der Waals surface area (Å²) in [5, 5.41) is 3.76. The van der Waals surface area contributed by atoms with Crippen molar-refractivity contribution in [3.05, 3.63) is 29.0 Å². The van der Waals surface area contributed by atoms with Crippen LogP contribution in [0.5, 0.6) is 0 Å². The van der Waals surface area contributed by atoms with Crippen molar-refractivity contribution in [1.82, 2.24) is 15.2 Å². The number of pyridine rings is 1. The number of halogens is 3. The van der Waals surface area contributed by atoms with Crippen LogP contribution < -0.4 is 5.32 Å². The van der Waals surface area contributed by atoms with Crippen LogP contribution in [0, 0.1) is 0 Å². The van der Waals surface area contributed by atoms with E-state index in [-0.39, 0.29) is 30.7 Å². The molecule has 1 aliphatic heterocycles. The van der Waals surface area contributed by atoms with E-state index < -0.39 is 0 Å². The van der Waals surface area contributed by atoms with Gasteiger partial charge in [0, 0.05) is 25.3 Å². The molecule has 4 nitrogen and oxygen atoms in total. The number of carbonyl (C=O) groups excluding carboxylic acids is 1. The van der Waals surface area contributed by atoms with Crippen LogP contribution in [0.25, 0.3) is 0 Å². The predicted octanol–water partition coefficient (Wildman–Crippen LogP) is 2.40. The molecule has 1 aromatic rings. The average molecular weight is 327 g/mol. The molecule has 0 saturated carbocycles. The maximum absolute atomic E-state index is 12.2. The monoisotopic (exact) mass is 325 g/mol. The summed E-state index contributed by atoms with van der Waals surface area (Å²) in [6.07, 6.45) is 3.66. The van der Waals surface area contributed by atoms with E-state index in [0.29, 0.717) is 16.8 Å². The number of amides is 1. The molecule has 1 N–H and O–H groups in total. The molecular weight excluding hydrogens is 309 g/mol. The van der Waals surface area contributed by atoms with Crippen LogP contribution in [0.15, 0.2) is 18.3 Å². The van der Waals surface area contributed by atoms with Crippen molar-refractivity contribution >= 4 is 42.3 Å². The first kappa shape index (κ1) is 18.4. The summed E-state index contributed by atoms with van der Waals surface area (Å²) < 4.78 is 0. The fourth-order valence-electron chi connectivity index (χ4n) is 2.06. The molecule has 1 atom stereocenters. The molecule has 1 unspecified atom stereocenters. The van der Waals surface area contributed by atoms with Gasteiger partial charge >= 0.3 is 0 Å². The van der Waals surface area contributed by atoms with Gasteiger partial charge in [0.05, 0.1) is 5.02 Å². The molecule has 0 radical (unpaired) electrons.